The van der Waals surface area contributed by atoms with Crippen molar-refractivity contribution in [2.45, 2.75) is 26.2 Å². The van der Waals surface area contributed by atoms with E-state index in [0.29, 0.717) is 0 Å². The topological polar surface area (TPSA) is 12.0 Å². The van der Waals surface area contributed by atoms with E-state index in [1.807, 2.05) is 13.2 Å². The van der Waals surface area contributed by atoms with Crippen molar-refractivity contribution in [3.8, 4) is 11.1 Å². The van der Waals surface area contributed by atoms with E-state index in [2.05, 4.69) is 80.7 Å². The van der Waals surface area contributed by atoms with Crippen molar-refractivity contribution in [2.75, 3.05) is 7.05 Å². The lowest BCUT2D eigenvalue weighted by molar-refractivity contribution is 0.665. The van der Waals surface area contributed by atoms with E-state index in [0.717, 1.165) is 0 Å². The quantitative estimate of drug-likeness (QED) is 0.847. The Labute approximate surface area is 122 Å². The van der Waals surface area contributed by atoms with Gasteiger partial charge in [0.2, 0.25) is 0 Å². The van der Waals surface area contributed by atoms with Crippen LogP contribution in [0.5, 0.6) is 0 Å². The van der Waals surface area contributed by atoms with Crippen molar-refractivity contribution in [1.82, 2.24) is 5.32 Å². The van der Waals surface area contributed by atoms with Crippen LogP contribution >= 0.6 is 0 Å². The van der Waals surface area contributed by atoms with E-state index < -0.39 is 0 Å². The maximum atomic E-state index is 3.06. The van der Waals surface area contributed by atoms with Gasteiger partial charge in [-0.2, -0.15) is 0 Å². The second kappa shape index (κ2) is 5.96. The van der Waals surface area contributed by atoms with Gasteiger partial charge in [-0.25, -0.2) is 0 Å². The SMILES string of the molecule is CN/C=C\C(C)(C)c1ccc(-c2ccccc2C)cc1. The Morgan fingerprint density at radius 3 is 2.20 bits per heavy atom. The largest absolute Gasteiger partial charge is 0.394 e. The molecule has 0 aromatic heterocycles. The van der Waals surface area contributed by atoms with E-state index in [1.165, 1.54) is 22.3 Å². The maximum Gasteiger partial charge on any atom is 0.00925 e. The molecular weight excluding hydrogens is 242 g/mol. The molecule has 0 amide bonds. The smallest absolute Gasteiger partial charge is 0.00925 e. The van der Waals surface area contributed by atoms with Gasteiger partial charge in [-0.15, -0.1) is 0 Å². The van der Waals surface area contributed by atoms with Crippen LogP contribution in [0, 0.1) is 6.92 Å². The zero-order valence-corrected chi connectivity index (χ0v) is 12.8. The van der Waals surface area contributed by atoms with E-state index in [-0.39, 0.29) is 5.41 Å². The summed E-state index contributed by atoms with van der Waals surface area (Å²) in [6.07, 6.45) is 4.19. The Morgan fingerprint density at radius 1 is 0.950 bits per heavy atom. The highest BCUT2D eigenvalue weighted by molar-refractivity contribution is 5.67. The van der Waals surface area contributed by atoms with Crippen LogP contribution in [0.15, 0.2) is 60.8 Å². The van der Waals surface area contributed by atoms with Crippen LogP contribution in [0.3, 0.4) is 0 Å². The molecule has 0 heterocycles. The Balaban J connectivity index is 2.31. The molecule has 0 aliphatic rings. The minimum absolute atomic E-state index is 0.0350. The summed E-state index contributed by atoms with van der Waals surface area (Å²) in [4.78, 5) is 0. The molecule has 0 saturated carbocycles. The lowest BCUT2D eigenvalue weighted by Crippen LogP contribution is -2.14. The Hall–Kier alpha value is -2.02. The highest BCUT2D eigenvalue weighted by Crippen LogP contribution is 2.28. The number of aryl methyl sites for hydroxylation is 1. The molecule has 2 rings (SSSR count). The first-order chi connectivity index (χ1) is 9.54. The fraction of sp³-hybridized carbons (Fsp3) is 0.263. The molecule has 0 saturated heterocycles. The second-order valence-electron chi connectivity index (χ2n) is 5.74. The third kappa shape index (κ3) is 3.11. The molecule has 20 heavy (non-hydrogen) atoms. The number of hydrogen-bond donors (Lipinski definition) is 1. The van der Waals surface area contributed by atoms with E-state index in [1.54, 1.807) is 0 Å². The Bertz CT molecular complexity index is 591. The van der Waals surface area contributed by atoms with Crippen molar-refractivity contribution in [3.63, 3.8) is 0 Å². The molecule has 0 bridgehead atoms. The first-order valence-electron chi connectivity index (χ1n) is 7.06. The van der Waals surface area contributed by atoms with Gasteiger partial charge in [-0.1, -0.05) is 68.5 Å². The normalized spacial score (nSPS) is 11.8. The summed E-state index contributed by atoms with van der Waals surface area (Å²) < 4.78 is 0. The molecule has 0 spiro atoms. The van der Waals surface area contributed by atoms with E-state index >= 15 is 0 Å². The van der Waals surface area contributed by atoms with Crippen molar-refractivity contribution in [3.05, 3.63) is 71.9 Å². The van der Waals surface area contributed by atoms with Crippen LogP contribution < -0.4 is 5.32 Å². The van der Waals surface area contributed by atoms with Gasteiger partial charge in [0.05, 0.1) is 0 Å². The highest BCUT2D eigenvalue weighted by atomic mass is 14.8. The summed E-state index contributed by atoms with van der Waals surface area (Å²) in [7, 11) is 1.92. The van der Waals surface area contributed by atoms with Gasteiger partial charge in [0, 0.05) is 12.5 Å². The van der Waals surface area contributed by atoms with Crippen LogP contribution in [0.2, 0.25) is 0 Å². The van der Waals surface area contributed by atoms with E-state index in [4.69, 9.17) is 0 Å². The molecule has 0 unspecified atom stereocenters. The third-order valence-corrected chi connectivity index (χ3v) is 3.75. The summed E-state index contributed by atoms with van der Waals surface area (Å²) >= 11 is 0. The molecule has 0 aliphatic carbocycles. The van der Waals surface area contributed by atoms with Gasteiger partial charge in [-0.3, -0.25) is 0 Å². The lowest BCUT2D eigenvalue weighted by Gasteiger charge is -2.21. The minimum atomic E-state index is 0.0350. The summed E-state index contributed by atoms with van der Waals surface area (Å²) in [6.45, 7) is 6.61. The average Bonchev–Trinajstić information content (AvgIpc) is 2.46. The lowest BCUT2D eigenvalue weighted by atomic mass is 9.84. The highest BCUT2D eigenvalue weighted by Gasteiger charge is 2.16. The molecule has 1 heteroatoms. The Morgan fingerprint density at radius 2 is 1.60 bits per heavy atom. The predicted molar refractivity (Wildman–Crippen MR) is 87.8 cm³/mol. The zero-order chi connectivity index (χ0) is 14.6. The van der Waals surface area contributed by atoms with Crippen LogP contribution in [-0.4, -0.2) is 7.05 Å². The fourth-order valence-electron chi connectivity index (χ4n) is 2.36. The molecule has 0 aliphatic heterocycles. The molecule has 0 fully saturated rings. The van der Waals surface area contributed by atoms with Gasteiger partial charge in [0.15, 0.2) is 0 Å². The third-order valence-electron chi connectivity index (χ3n) is 3.75. The molecule has 0 atom stereocenters. The Kier molecular flexibility index (Phi) is 4.29. The van der Waals surface area contributed by atoms with Crippen molar-refractivity contribution >= 4 is 0 Å². The van der Waals surface area contributed by atoms with Crippen LogP contribution in [0.1, 0.15) is 25.0 Å². The predicted octanol–water partition coefficient (Wildman–Crippen LogP) is 4.67. The van der Waals surface area contributed by atoms with Gasteiger partial charge < -0.3 is 5.32 Å². The van der Waals surface area contributed by atoms with Gasteiger partial charge >= 0.3 is 0 Å². The summed E-state index contributed by atoms with van der Waals surface area (Å²) in [5, 5.41) is 3.06. The van der Waals surface area contributed by atoms with Gasteiger partial charge in [0.25, 0.3) is 0 Å². The van der Waals surface area contributed by atoms with Crippen molar-refractivity contribution in [1.29, 1.82) is 0 Å². The number of rotatable bonds is 4. The minimum Gasteiger partial charge on any atom is -0.394 e. The number of allylic oxidation sites excluding steroid dienone is 1. The summed E-state index contributed by atoms with van der Waals surface area (Å²) in [5.74, 6) is 0. The van der Waals surface area contributed by atoms with Crippen molar-refractivity contribution < 1.29 is 0 Å². The number of benzene rings is 2. The molecule has 1 nitrogen and oxygen atoms in total. The van der Waals surface area contributed by atoms with Gasteiger partial charge in [-0.05, 0) is 35.4 Å². The first kappa shape index (κ1) is 14.4. The molecule has 2 aromatic rings. The van der Waals surface area contributed by atoms with Crippen LogP contribution in [0.4, 0.5) is 0 Å². The average molecular weight is 265 g/mol. The van der Waals surface area contributed by atoms with E-state index in [9.17, 15) is 0 Å². The zero-order valence-electron chi connectivity index (χ0n) is 12.8. The fourth-order valence-corrected chi connectivity index (χ4v) is 2.36. The molecule has 2 aromatic carbocycles. The molecular formula is C19H23N. The maximum absolute atomic E-state index is 3.06. The first-order valence-corrected chi connectivity index (χ1v) is 7.06. The number of hydrogen-bond acceptors (Lipinski definition) is 1. The van der Waals surface area contributed by atoms with Crippen molar-refractivity contribution in [2.24, 2.45) is 0 Å². The van der Waals surface area contributed by atoms with Gasteiger partial charge in [0.1, 0.15) is 0 Å². The van der Waals surface area contributed by atoms with Crippen LogP contribution in [0.25, 0.3) is 11.1 Å². The number of nitrogens with one attached hydrogen (secondary N) is 1. The summed E-state index contributed by atoms with van der Waals surface area (Å²) in [5.41, 5.74) is 5.26. The summed E-state index contributed by atoms with van der Waals surface area (Å²) in [6, 6.07) is 17.4. The second-order valence-corrected chi connectivity index (χ2v) is 5.74. The molecule has 1 N–H and O–H groups in total. The monoisotopic (exact) mass is 265 g/mol. The molecule has 104 valence electrons. The van der Waals surface area contributed by atoms with Crippen LogP contribution in [-0.2, 0) is 5.41 Å². The molecule has 0 radical (unpaired) electrons. The standard InChI is InChI=1S/C19H23N/c1-15-7-5-6-8-18(15)16-9-11-17(12-10-16)19(2,3)13-14-20-4/h5-14,20H,1-4H3/b14-13-.